The van der Waals surface area contributed by atoms with E-state index in [4.69, 9.17) is 4.74 Å². The van der Waals surface area contributed by atoms with Crippen molar-refractivity contribution in [2.75, 3.05) is 17.7 Å². The average Bonchev–Trinajstić information content (AvgIpc) is 2.55. The lowest BCUT2D eigenvalue weighted by atomic mass is 10.0. The normalized spacial score (nSPS) is 11.9. The van der Waals surface area contributed by atoms with Crippen LogP contribution in [0, 0.1) is 0 Å². The summed E-state index contributed by atoms with van der Waals surface area (Å²) in [5.74, 6) is 0.799. The van der Waals surface area contributed by atoms with Gasteiger partial charge in [-0.1, -0.05) is 32.0 Å². The number of hydrogen-bond acceptors (Lipinski definition) is 4. The van der Waals surface area contributed by atoms with Crippen LogP contribution in [0.25, 0.3) is 0 Å². The molecule has 5 heteroatoms. The monoisotopic (exact) mass is 313 g/mol. The molecule has 1 unspecified atom stereocenters. The van der Waals surface area contributed by atoms with Crippen molar-refractivity contribution in [3.63, 3.8) is 0 Å². The van der Waals surface area contributed by atoms with Gasteiger partial charge in [0.2, 0.25) is 11.8 Å². The number of rotatable bonds is 6. The van der Waals surface area contributed by atoms with Crippen LogP contribution in [-0.4, -0.2) is 24.0 Å². The van der Waals surface area contributed by atoms with E-state index in [0.717, 1.165) is 16.9 Å². The van der Waals surface area contributed by atoms with Crippen LogP contribution >= 0.6 is 0 Å². The van der Waals surface area contributed by atoms with Gasteiger partial charge in [0.15, 0.2) is 0 Å². The van der Waals surface area contributed by atoms with Gasteiger partial charge in [-0.2, -0.15) is 0 Å². The molecule has 0 radical (unpaired) electrons. The first-order valence-electron chi connectivity index (χ1n) is 7.67. The van der Waals surface area contributed by atoms with Crippen molar-refractivity contribution in [3.8, 4) is 5.88 Å². The van der Waals surface area contributed by atoms with E-state index in [9.17, 15) is 4.79 Å². The highest BCUT2D eigenvalue weighted by atomic mass is 16.5. The minimum absolute atomic E-state index is 0.0890. The van der Waals surface area contributed by atoms with Gasteiger partial charge in [-0.3, -0.25) is 4.79 Å². The second-order valence-electron chi connectivity index (χ2n) is 5.69. The molecule has 2 N–H and O–H groups in total. The molecule has 0 bridgehead atoms. The lowest BCUT2D eigenvalue weighted by Crippen LogP contribution is -2.32. The molecule has 0 saturated carbocycles. The molecule has 2 aromatic rings. The SMILES string of the molecule is COc1ccc(NC(C)C(=O)Nc2ccccc2C(C)C)cn1. The minimum Gasteiger partial charge on any atom is -0.481 e. The van der Waals surface area contributed by atoms with Crippen LogP contribution in [0.2, 0.25) is 0 Å². The minimum atomic E-state index is -0.384. The molecular formula is C18H23N3O2. The van der Waals surface area contributed by atoms with Gasteiger partial charge in [0.25, 0.3) is 0 Å². The van der Waals surface area contributed by atoms with Gasteiger partial charge in [-0.25, -0.2) is 4.98 Å². The fourth-order valence-corrected chi connectivity index (χ4v) is 2.26. The van der Waals surface area contributed by atoms with E-state index in [1.165, 1.54) is 0 Å². The summed E-state index contributed by atoms with van der Waals surface area (Å²) >= 11 is 0. The Hall–Kier alpha value is -2.56. The highest BCUT2D eigenvalue weighted by Gasteiger charge is 2.15. The van der Waals surface area contributed by atoms with Gasteiger partial charge in [0, 0.05) is 11.8 Å². The molecule has 0 aliphatic rings. The molecule has 1 aromatic heterocycles. The molecular weight excluding hydrogens is 290 g/mol. The molecule has 122 valence electrons. The molecule has 1 atom stereocenters. The van der Waals surface area contributed by atoms with Crippen molar-refractivity contribution in [1.82, 2.24) is 4.98 Å². The number of anilines is 2. The summed E-state index contributed by atoms with van der Waals surface area (Å²) in [7, 11) is 1.57. The Morgan fingerprint density at radius 2 is 1.87 bits per heavy atom. The zero-order valence-corrected chi connectivity index (χ0v) is 14.0. The zero-order chi connectivity index (χ0) is 16.8. The number of amides is 1. The van der Waals surface area contributed by atoms with Gasteiger partial charge in [0.05, 0.1) is 19.0 Å². The number of pyridine rings is 1. The van der Waals surface area contributed by atoms with Crippen molar-refractivity contribution < 1.29 is 9.53 Å². The van der Waals surface area contributed by atoms with Crippen LogP contribution in [0.15, 0.2) is 42.6 Å². The lowest BCUT2D eigenvalue weighted by Gasteiger charge is -2.18. The summed E-state index contributed by atoms with van der Waals surface area (Å²) < 4.78 is 5.02. The number of ether oxygens (including phenoxy) is 1. The van der Waals surface area contributed by atoms with Gasteiger partial charge in [-0.15, -0.1) is 0 Å². The molecule has 23 heavy (non-hydrogen) atoms. The first-order chi connectivity index (χ1) is 11.0. The average molecular weight is 313 g/mol. The van der Waals surface area contributed by atoms with E-state index in [2.05, 4.69) is 29.5 Å². The molecule has 5 nitrogen and oxygen atoms in total. The van der Waals surface area contributed by atoms with E-state index in [0.29, 0.717) is 11.8 Å². The van der Waals surface area contributed by atoms with Crippen molar-refractivity contribution >= 4 is 17.3 Å². The number of methoxy groups -OCH3 is 1. The van der Waals surface area contributed by atoms with Gasteiger partial charge >= 0.3 is 0 Å². The summed E-state index contributed by atoms with van der Waals surface area (Å²) in [5, 5.41) is 6.12. The Bertz CT molecular complexity index is 654. The van der Waals surface area contributed by atoms with Crippen LogP contribution in [0.3, 0.4) is 0 Å². The summed E-state index contributed by atoms with van der Waals surface area (Å²) in [6, 6.07) is 11.1. The number of hydrogen-bond donors (Lipinski definition) is 2. The van der Waals surface area contributed by atoms with Gasteiger partial charge in [0.1, 0.15) is 6.04 Å². The second-order valence-corrected chi connectivity index (χ2v) is 5.69. The van der Waals surface area contributed by atoms with E-state index >= 15 is 0 Å². The van der Waals surface area contributed by atoms with Gasteiger partial charge < -0.3 is 15.4 Å². The first-order valence-corrected chi connectivity index (χ1v) is 7.67. The quantitative estimate of drug-likeness (QED) is 0.854. The van der Waals surface area contributed by atoms with Gasteiger partial charge in [-0.05, 0) is 30.5 Å². The van der Waals surface area contributed by atoms with Crippen LogP contribution in [-0.2, 0) is 4.79 Å². The fraction of sp³-hybridized carbons (Fsp3) is 0.333. The highest BCUT2D eigenvalue weighted by Crippen LogP contribution is 2.24. The van der Waals surface area contributed by atoms with Crippen molar-refractivity contribution in [2.45, 2.75) is 32.7 Å². The Kier molecular flexibility index (Phi) is 5.57. The molecule has 0 fully saturated rings. The third-order valence-electron chi connectivity index (χ3n) is 3.56. The standard InChI is InChI=1S/C18H23N3O2/c1-12(2)15-7-5-6-8-16(15)21-18(22)13(3)20-14-9-10-17(23-4)19-11-14/h5-13,20H,1-4H3,(H,21,22). The molecule has 0 aliphatic carbocycles. The predicted octanol–water partition coefficient (Wildman–Crippen LogP) is 3.65. The van der Waals surface area contributed by atoms with Crippen LogP contribution in [0.1, 0.15) is 32.3 Å². The maximum Gasteiger partial charge on any atom is 0.246 e. The fourth-order valence-electron chi connectivity index (χ4n) is 2.26. The maximum absolute atomic E-state index is 12.4. The topological polar surface area (TPSA) is 63.2 Å². The zero-order valence-electron chi connectivity index (χ0n) is 14.0. The molecule has 2 rings (SSSR count). The Morgan fingerprint density at radius 3 is 2.48 bits per heavy atom. The number of aromatic nitrogens is 1. The van der Waals surface area contributed by atoms with E-state index in [1.54, 1.807) is 19.4 Å². The van der Waals surface area contributed by atoms with Crippen molar-refractivity contribution in [2.24, 2.45) is 0 Å². The summed E-state index contributed by atoms with van der Waals surface area (Å²) in [6.07, 6.45) is 1.64. The van der Waals surface area contributed by atoms with Crippen molar-refractivity contribution in [1.29, 1.82) is 0 Å². The molecule has 0 spiro atoms. The first kappa shape index (κ1) is 16.8. The third-order valence-corrected chi connectivity index (χ3v) is 3.56. The van der Waals surface area contributed by atoms with Crippen LogP contribution < -0.4 is 15.4 Å². The number of nitrogens with zero attached hydrogens (tertiary/aromatic N) is 1. The molecule has 1 amide bonds. The van der Waals surface area contributed by atoms with Crippen molar-refractivity contribution in [3.05, 3.63) is 48.2 Å². The van der Waals surface area contributed by atoms with E-state index < -0.39 is 0 Å². The highest BCUT2D eigenvalue weighted by molar-refractivity contribution is 5.96. The summed E-state index contributed by atoms with van der Waals surface area (Å²) in [5.41, 5.74) is 2.75. The van der Waals surface area contributed by atoms with Crippen LogP contribution in [0.5, 0.6) is 5.88 Å². The Labute approximate surface area is 137 Å². The predicted molar refractivity (Wildman–Crippen MR) is 93.0 cm³/mol. The largest absolute Gasteiger partial charge is 0.481 e. The summed E-state index contributed by atoms with van der Waals surface area (Å²) in [4.78, 5) is 16.5. The number of benzene rings is 1. The molecule has 0 aliphatic heterocycles. The lowest BCUT2D eigenvalue weighted by molar-refractivity contribution is -0.116. The Balaban J connectivity index is 2.02. The number of carbonyl (C=O) groups excluding carboxylic acids is 1. The van der Waals surface area contributed by atoms with E-state index in [-0.39, 0.29) is 11.9 Å². The van der Waals surface area contributed by atoms with Crippen LogP contribution in [0.4, 0.5) is 11.4 Å². The molecule has 1 aromatic carbocycles. The molecule has 0 saturated heterocycles. The smallest absolute Gasteiger partial charge is 0.246 e. The maximum atomic E-state index is 12.4. The number of carbonyl (C=O) groups is 1. The Morgan fingerprint density at radius 1 is 1.13 bits per heavy atom. The van der Waals surface area contributed by atoms with E-state index in [1.807, 2.05) is 37.3 Å². The second kappa shape index (κ2) is 7.63. The third kappa shape index (κ3) is 4.45. The number of para-hydroxylation sites is 1. The summed E-state index contributed by atoms with van der Waals surface area (Å²) in [6.45, 7) is 6.03. The molecule has 1 heterocycles. The number of nitrogens with one attached hydrogen (secondary N) is 2.